The number of ether oxygens (including phenoxy) is 1. The maximum Gasteiger partial charge on any atom is 0.190 e. The van der Waals surface area contributed by atoms with E-state index in [2.05, 4.69) is 34.4 Å². The van der Waals surface area contributed by atoms with Crippen LogP contribution in [0.3, 0.4) is 0 Å². The van der Waals surface area contributed by atoms with Crippen molar-refractivity contribution in [2.45, 2.75) is 26.7 Å². The van der Waals surface area contributed by atoms with Crippen LogP contribution in [0.2, 0.25) is 0 Å². The molecule has 1 saturated heterocycles. The number of unbranched alkanes of at least 4 members (excludes halogenated alkanes) is 1. The van der Waals surface area contributed by atoms with Gasteiger partial charge in [0, 0.05) is 33.2 Å². The van der Waals surface area contributed by atoms with Gasteiger partial charge in [-0.2, -0.15) is 0 Å². The Kier molecular flexibility index (Phi) is 8.58. The van der Waals surface area contributed by atoms with Crippen LogP contribution in [0.4, 0.5) is 0 Å². The van der Waals surface area contributed by atoms with Gasteiger partial charge >= 0.3 is 0 Å². The molecule has 0 saturated carbocycles. The number of nitrogens with one attached hydrogen (secondary N) is 2. The van der Waals surface area contributed by atoms with E-state index in [9.17, 15) is 0 Å². The van der Waals surface area contributed by atoms with Gasteiger partial charge in [-0.3, -0.25) is 9.89 Å². The van der Waals surface area contributed by atoms with Gasteiger partial charge in [0.05, 0.1) is 13.2 Å². The molecule has 5 nitrogen and oxygen atoms in total. The molecule has 5 heteroatoms. The second kappa shape index (κ2) is 10.0. The topological polar surface area (TPSA) is 48.9 Å². The summed E-state index contributed by atoms with van der Waals surface area (Å²) in [5.41, 5.74) is 0. The standard InChI is InChI=1S/C14H30N4O/c1-13(2)12-17-14(15-3)16-6-4-5-7-18-8-10-19-11-9-18/h13H,4-12H2,1-3H3,(H2,15,16,17). The summed E-state index contributed by atoms with van der Waals surface area (Å²) >= 11 is 0. The van der Waals surface area contributed by atoms with Gasteiger partial charge in [0.1, 0.15) is 0 Å². The van der Waals surface area contributed by atoms with Crippen molar-refractivity contribution >= 4 is 5.96 Å². The lowest BCUT2D eigenvalue weighted by Gasteiger charge is -2.26. The van der Waals surface area contributed by atoms with Gasteiger partial charge in [-0.05, 0) is 25.3 Å². The van der Waals surface area contributed by atoms with E-state index in [1.165, 1.54) is 19.4 Å². The van der Waals surface area contributed by atoms with E-state index in [0.29, 0.717) is 5.92 Å². The van der Waals surface area contributed by atoms with Crippen molar-refractivity contribution in [3.63, 3.8) is 0 Å². The zero-order valence-corrected chi connectivity index (χ0v) is 12.7. The Morgan fingerprint density at radius 3 is 2.58 bits per heavy atom. The van der Waals surface area contributed by atoms with Crippen LogP contribution in [-0.2, 0) is 4.74 Å². The number of hydrogen-bond donors (Lipinski definition) is 2. The molecule has 0 aromatic carbocycles. The molecule has 112 valence electrons. The molecule has 1 heterocycles. The fourth-order valence-corrected chi connectivity index (χ4v) is 2.01. The maximum atomic E-state index is 5.34. The SMILES string of the molecule is CN=C(NCCCCN1CCOCC1)NCC(C)C. The normalized spacial score (nSPS) is 17.8. The lowest BCUT2D eigenvalue weighted by atomic mass is 10.2. The number of guanidine groups is 1. The van der Waals surface area contributed by atoms with Crippen molar-refractivity contribution in [3.05, 3.63) is 0 Å². The monoisotopic (exact) mass is 270 g/mol. The van der Waals surface area contributed by atoms with Crippen LogP contribution in [0.25, 0.3) is 0 Å². The molecule has 0 bridgehead atoms. The van der Waals surface area contributed by atoms with Gasteiger partial charge in [-0.15, -0.1) is 0 Å². The number of aliphatic imine (C=N–C) groups is 1. The first-order valence-electron chi connectivity index (χ1n) is 7.47. The molecule has 1 aliphatic heterocycles. The lowest BCUT2D eigenvalue weighted by Crippen LogP contribution is -2.40. The maximum absolute atomic E-state index is 5.34. The quantitative estimate of drug-likeness (QED) is 0.410. The highest BCUT2D eigenvalue weighted by Gasteiger charge is 2.08. The highest BCUT2D eigenvalue weighted by molar-refractivity contribution is 5.79. The molecule has 0 spiro atoms. The van der Waals surface area contributed by atoms with Gasteiger partial charge in [0.2, 0.25) is 0 Å². The smallest absolute Gasteiger partial charge is 0.190 e. The summed E-state index contributed by atoms with van der Waals surface area (Å²) in [6.07, 6.45) is 2.41. The Balaban J connectivity index is 1.99. The summed E-state index contributed by atoms with van der Waals surface area (Å²) in [6, 6.07) is 0. The Morgan fingerprint density at radius 2 is 1.95 bits per heavy atom. The molecular weight excluding hydrogens is 240 g/mol. The van der Waals surface area contributed by atoms with Crippen molar-refractivity contribution in [1.82, 2.24) is 15.5 Å². The van der Waals surface area contributed by atoms with Crippen LogP contribution in [0.5, 0.6) is 0 Å². The molecule has 0 amide bonds. The summed E-state index contributed by atoms with van der Waals surface area (Å²) < 4.78 is 5.34. The van der Waals surface area contributed by atoms with Gasteiger partial charge in [0.25, 0.3) is 0 Å². The van der Waals surface area contributed by atoms with E-state index in [-0.39, 0.29) is 0 Å². The first kappa shape index (κ1) is 16.2. The minimum absolute atomic E-state index is 0.639. The first-order chi connectivity index (χ1) is 9.22. The summed E-state index contributed by atoms with van der Waals surface area (Å²) in [5.74, 6) is 1.56. The second-order valence-electron chi connectivity index (χ2n) is 5.43. The van der Waals surface area contributed by atoms with Crippen molar-refractivity contribution < 1.29 is 4.74 Å². The number of nitrogens with zero attached hydrogens (tertiary/aromatic N) is 2. The molecule has 1 rings (SSSR count). The van der Waals surface area contributed by atoms with E-state index in [1.54, 1.807) is 0 Å². The number of hydrogen-bond acceptors (Lipinski definition) is 3. The molecule has 0 aromatic heterocycles. The van der Waals surface area contributed by atoms with Crippen LogP contribution in [0.1, 0.15) is 26.7 Å². The molecule has 0 aliphatic carbocycles. The molecule has 0 aromatic rings. The van der Waals surface area contributed by atoms with E-state index in [0.717, 1.165) is 45.4 Å². The van der Waals surface area contributed by atoms with Crippen LogP contribution in [0, 0.1) is 5.92 Å². The van der Waals surface area contributed by atoms with Crippen molar-refractivity contribution in [1.29, 1.82) is 0 Å². The Labute approximate surface area is 117 Å². The summed E-state index contributed by atoms with van der Waals surface area (Å²) in [4.78, 5) is 6.70. The van der Waals surface area contributed by atoms with Crippen molar-refractivity contribution in [2.75, 3.05) is 53.0 Å². The third-order valence-electron chi connectivity index (χ3n) is 3.20. The van der Waals surface area contributed by atoms with E-state index >= 15 is 0 Å². The molecular formula is C14H30N4O. The van der Waals surface area contributed by atoms with Crippen LogP contribution >= 0.6 is 0 Å². The largest absolute Gasteiger partial charge is 0.379 e. The highest BCUT2D eigenvalue weighted by atomic mass is 16.5. The number of rotatable bonds is 7. The molecule has 0 radical (unpaired) electrons. The summed E-state index contributed by atoms with van der Waals surface area (Å²) in [7, 11) is 1.82. The molecule has 1 aliphatic rings. The fraction of sp³-hybridized carbons (Fsp3) is 0.929. The third-order valence-corrected chi connectivity index (χ3v) is 3.20. The molecule has 2 N–H and O–H groups in total. The van der Waals surface area contributed by atoms with Crippen molar-refractivity contribution in [2.24, 2.45) is 10.9 Å². The third kappa shape index (κ3) is 8.06. The van der Waals surface area contributed by atoms with Gasteiger partial charge in [-0.25, -0.2) is 0 Å². The van der Waals surface area contributed by atoms with E-state index in [1.807, 2.05) is 7.05 Å². The van der Waals surface area contributed by atoms with Gasteiger partial charge in [0.15, 0.2) is 5.96 Å². The number of morpholine rings is 1. The minimum atomic E-state index is 0.639. The zero-order valence-electron chi connectivity index (χ0n) is 12.7. The van der Waals surface area contributed by atoms with Crippen molar-refractivity contribution in [3.8, 4) is 0 Å². The summed E-state index contributed by atoms with van der Waals surface area (Å²) in [6.45, 7) is 11.5. The van der Waals surface area contributed by atoms with E-state index in [4.69, 9.17) is 4.74 Å². The molecule has 19 heavy (non-hydrogen) atoms. The highest BCUT2D eigenvalue weighted by Crippen LogP contribution is 1.99. The average Bonchev–Trinajstić information content (AvgIpc) is 2.42. The fourth-order valence-electron chi connectivity index (χ4n) is 2.01. The van der Waals surface area contributed by atoms with Crippen LogP contribution in [0.15, 0.2) is 4.99 Å². The molecule has 0 atom stereocenters. The zero-order chi connectivity index (χ0) is 13.9. The minimum Gasteiger partial charge on any atom is -0.379 e. The average molecular weight is 270 g/mol. The van der Waals surface area contributed by atoms with Gasteiger partial charge in [-0.1, -0.05) is 13.8 Å². The Morgan fingerprint density at radius 1 is 1.21 bits per heavy atom. The predicted molar refractivity (Wildman–Crippen MR) is 80.7 cm³/mol. The lowest BCUT2D eigenvalue weighted by molar-refractivity contribution is 0.0372. The predicted octanol–water partition coefficient (Wildman–Crippen LogP) is 0.920. The van der Waals surface area contributed by atoms with Gasteiger partial charge < -0.3 is 15.4 Å². The second-order valence-corrected chi connectivity index (χ2v) is 5.43. The molecule has 1 fully saturated rings. The first-order valence-corrected chi connectivity index (χ1v) is 7.47. The van der Waals surface area contributed by atoms with Crippen LogP contribution < -0.4 is 10.6 Å². The Hall–Kier alpha value is -0.810. The Bertz CT molecular complexity index is 250. The summed E-state index contributed by atoms with van der Waals surface area (Å²) in [5, 5.41) is 6.68. The van der Waals surface area contributed by atoms with Crippen LogP contribution in [-0.4, -0.2) is 63.8 Å². The van der Waals surface area contributed by atoms with E-state index < -0.39 is 0 Å². The molecule has 0 unspecified atom stereocenters.